The second-order valence-corrected chi connectivity index (χ2v) is 3.90. The van der Waals surface area contributed by atoms with E-state index in [2.05, 4.69) is 0 Å². The van der Waals surface area contributed by atoms with E-state index in [0.29, 0.717) is 4.90 Å². The number of aliphatic hydroxyl groups excluding tert-OH is 1. The zero-order chi connectivity index (χ0) is 13.4. The Kier molecular flexibility index (Phi) is 3.00. The summed E-state index contributed by atoms with van der Waals surface area (Å²) >= 11 is 0. The third-order valence-corrected chi connectivity index (χ3v) is 2.78. The van der Waals surface area contributed by atoms with Crippen LogP contribution in [0.3, 0.4) is 0 Å². The molecule has 7 heteroatoms. The highest BCUT2D eigenvalue weighted by Gasteiger charge is 2.45. The summed E-state index contributed by atoms with van der Waals surface area (Å²) in [5.74, 6) is -5.69. The molecule has 2 N–H and O–H groups in total. The van der Waals surface area contributed by atoms with Crippen LogP contribution < -0.4 is 4.90 Å². The Morgan fingerprint density at radius 2 is 1.89 bits per heavy atom. The number of hydrogen-bond acceptors (Lipinski definition) is 3. The highest BCUT2D eigenvalue weighted by atomic mass is 19.1. The number of rotatable bonds is 2. The molecule has 1 aliphatic rings. The summed E-state index contributed by atoms with van der Waals surface area (Å²) in [5, 5.41) is 18.5. The van der Waals surface area contributed by atoms with Crippen molar-refractivity contribution in [2.24, 2.45) is 5.92 Å². The van der Waals surface area contributed by atoms with Crippen LogP contribution in [0.4, 0.5) is 14.5 Å². The van der Waals surface area contributed by atoms with Gasteiger partial charge in [0.05, 0.1) is 0 Å². The van der Waals surface area contributed by atoms with Crippen molar-refractivity contribution in [3.05, 3.63) is 29.8 Å². The van der Waals surface area contributed by atoms with Crippen LogP contribution in [-0.4, -0.2) is 28.3 Å². The van der Waals surface area contributed by atoms with E-state index in [9.17, 15) is 23.5 Å². The number of aliphatic carboxylic acids is 1. The molecule has 96 valence electrons. The fraction of sp³-hybridized carbons (Fsp3) is 0.273. The number of anilines is 1. The minimum absolute atomic E-state index is 0.448. The number of carboxylic acid groups (broad SMARTS) is 1. The molecule has 5 nitrogen and oxygen atoms in total. The monoisotopic (exact) mass is 257 g/mol. The minimum atomic E-state index is -1.78. The molecule has 0 bridgehead atoms. The maximum Gasteiger partial charge on any atom is 0.311 e. The van der Waals surface area contributed by atoms with Crippen molar-refractivity contribution < 1.29 is 28.6 Å². The summed E-state index contributed by atoms with van der Waals surface area (Å²) in [6.45, 7) is 0. The van der Waals surface area contributed by atoms with Crippen LogP contribution in [0.1, 0.15) is 6.42 Å². The van der Waals surface area contributed by atoms with Crippen LogP contribution >= 0.6 is 0 Å². The number of aliphatic hydroxyl groups is 1. The van der Waals surface area contributed by atoms with Crippen LogP contribution in [0.15, 0.2) is 18.2 Å². The van der Waals surface area contributed by atoms with Crippen LogP contribution in [0.2, 0.25) is 0 Å². The van der Waals surface area contributed by atoms with Crippen molar-refractivity contribution in [2.45, 2.75) is 12.6 Å². The number of halogens is 2. The molecule has 0 saturated carbocycles. The smallest absolute Gasteiger partial charge is 0.311 e. The van der Waals surface area contributed by atoms with E-state index in [1.807, 2.05) is 0 Å². The molecule has 1 fully saturated rings. The van der Waals surface area contributed by atoms with Gasteiger partial charge in [-0.05, 0) is 12.1 Å². The largest absolute Gasteiger partial charge is 0.481 e. The standard InChI is InChI=1S/C11H9F2NO4/c12-6-2-1-3-7(13)9(6)14-8(15)4-5(10(14)16)11(17)18/h1-3,5,10,16H,4H2,(H,17,18). The molecule has 18 heavy (non-hydrogen) atoms. The maximum atomic E-state index is 13.5. The first-order chi connectivity index (χ1) is 8.43. The Hall–Kier alpha value is -2.02. The minimum Gasteiger partial charge on any atom is -0.481 e. The number of benzene rings is 1. The molecule has 2 rings (SSSR count). The predicted octanol–water partition coefficient (Wildman–Crippen LogP) is 0.721. The molecule has 1 aliphatic heterocycles. The highest BCUT2D eigenvalue weighted by Crippen LogP contribution is 2.33. The molecule has 1 aromatic carbocycles. The first-order valence-corrected chi connectivity index (χ1v) is 5.10. The van der Waals surface area contributed by atoms with Gasteiger partial charge in [0.2, 0.25) is 5.91 Å². The van der Waals surface area contributed by atoms with Crippen molar-refractivity contribution in [2.75, 3.05) is 4.90 Å². The first-order valence-electron chi connectivity index (χ1n) is 5.10. The lowest BCUT2D eigenvalue weighted by molar-refractivity contribution is -0.144. The zero-order valence-corrected chi connectivity index (χ0v) is 9.01. The number of hydrogen-bond donors (Lipinski definition) is 2. The summed E-state index contributed by atoms with van der Waals surface area (Å²) in [5.41, 5.74) is -0.723. The number of carbonyl (C=O) groups excluding carboxylic acids is 1. The Morgan fingerprint density at radius 1 is 1.33 bits per heavy atom. The lowest BCUT2D eigenvalue weighted by atomic mass is 10.1. The molecule has 2 unspecified atom stereocenters. The second-order valence-electron chi connectivity index (χ2n) is 3.90. The molecule has 0 spiro atoms. The normalized spacial score (nSPS) is 23.5. The van der Waals surface area contributed by atoms with E-state index < -0.39 is 47.8 Å². The molecule has 0 aliphatic carbocycles. The van der Waals surface area contributed by atoms with Crippen LogP contribution in [0.5, 0.6) is 0 Å². The molecular formula is C11H9F2NO4. The third kappa shape index (κ3) is 1.82. The second kappa shape index (κ2) is 4.34. The zero-order valence-electron chi connectivity index (χ0n) is 9.01. The molecule has 1 aromatic rings. The molecule has 1 heterocycles. The van der Waals surface area contributed by atoms with Gasteiger partial charge in [-0.25, -0.2) is 8.78 Å². The number of carboxylic acids is 1. The number of amides is 1. The quantitative estimate of drug-likeness (QED) is 0.818. The fourth-order valence-electron chi connectivity index (χ4n) is 1.91. The molecule has 2 atom stereocenters. The Labute approximate surface area is 100 Å². The van der Waals surface area contributed by atoms with Gasteiger partial charge < -0.3 is 10.2 Å². The molecule has 1 amide bonds. The van der Waals surface area contributed by atoms with E-state index in [4.69, 9.17) is 5.11 Å². The van der Waals surface area contributed by atoms with E-state index in [0.717, 1.165) is 18.2 Å². The first kappa shape index (κ1) is 12.4. The molecule has 0 aromatic heterocycles. The van der Waals surface area contributed by atoms with E-state index in [-0.39, 0.29) is 0 Å². The summed E-state index contributed by atoms with van der Waals surface area (Å²) in [4.78, 5) is 22.8. The summed E-state index contributed by atoms with van der Waals surface area (Å²) in [6, 6.07) is 2.95. The van der Waals surface area contributed by atoms with Gasteiger partial charge in [-0.15, -0.1) is 0 Å². The average molecular weight is 257 g/mol. The van der Waals surface area contributed by atoms with Crippen molar-refractivity contribution in [3.8, 4) is 0 Å². The van der Waals surface area contributed by atoms with Crippen molar-refractivity contribution in [1.82, 2.24) is 0 Å². The Morgan fingerprint density at radius 3 is 2.33 bits per heavy atom. The van der Waals surface area contributed by atoms with E-state index in [1.54, 1.807) is 0 Å². The highest BCUT2D eigenvalue weighted by molar-refractivity contribution is 6.00. The third-order valence-electron chi connectivity index (χ3n) is 2.78. The van der Waals surface area contributed by atoms with Crippen molar-refractivity contribution in [3.63, 3.8) is 0 Å². The van der Waals surface area contributed by atoms with Gasteiger partial charge in [-0.2, -0.15) is 0 Å². The number of para-hydroxylation sites is 1. The van der Waals surface area contributed by atoms with Crippen molar-refractivity contribution >= 4 is 17.6 Å². The average Bonchev–Trinajstić information content (AvgIpc) is 2.56. The van der Waals surface area contributed by atoms with Crippen LogP contribution in [0.25, 0.3) is 0 Å². The van der Waals surface area contributed by atoms with Crippen molar-refractivity contribution in [1.29, 1.82) is 0 Å². The van der Waals surface area contributed by atoms with E-state index >= 15 is 0 Å². The lowest BCUT2D eigenvalue weighted by Gasteiger charge is -2.22. The van der Waals surface area contributed by atoms with Gasteiger partial charge in [0.25, 0.3) is 0 Å². The molecule has 1 saturated heterocycles. The summed E-state index contributed by atoms with van der Waals surface area (Å²) in [7, 11) is 0. The van der Waals surface area contributed by atoms with Gasteiger partial charge in [-0.1, -0.05) is 6.07 Å². The topological polar surface area (TPSA) is 77.8 Å². The SMILES string of the molecule is O=C(O)C1CC(=O)N(c2c(F)cccc2F)C1O. The van der Waals surface area contributed by atoms with Gasteiger partial charge in [0.1, 0.15) is 29.5 Å². The number of carbonyl (C=O) groups is 2. The fourth-order valence-corrected chi connectivity index (χ4v) is 1.91. The van der Waals surface area contributed by atoms with E-state index in [1.165, 1.54) is 0 Å². The van der Waals surface area contributed by atoms with Gasteiger partial charge in [0, 0.05) is 6.42 Å². The number of nitrogens with zero attached hydrogens (tertiary/aromatic N) is 1. The molecular weight excluding hydrogens is 248 g/mol. The summed E-state index contributed by atoms with van der Waals surface area (Å²) in [6.07, 6.45) is -2.27. The predicted molar refractivity (Wildman–Crippen MR) is 55.6 cm³/mol. The lowest BCUT2D eigenvalue weighted by Crippen LogP contribution is -2.38. The maximum absolute atomic E-state index is 13.5. The van der Waals surface area contributed by atoms with Crippen LogP contribution in [0, 0.1) is 17.6 Å². The molecule has 0 radical (unpaired) electrons. The van der Waals surface area contributed by atoms with Gasteiger partial charge in [-0.3, -0.25) is 14.5 Å². The Bertz CT molecular complexity index is 500. The Balaban J connectivity index is 2.45. The summed E-state index contributed by atoms with van der Waals surface area (Å²) < 4.78 is 27.0. The van der Waals surface area contributed by atoms with Gasteiger partial charge in [0.15, 0.2) is 0 Å². The van der Waals surface area contributed by atoms with Gasteiger partial charge >= 0.3 is 5.97 Å². The van der Waals surface area contributed by atoms with Crippen LogP contribution in [-0.2, 0) is 9.59 Å².